The normalized spacial score (nSPS) is 14.8. The molecular weight excluding hydrogens is 375 g/mol. The van der Waals surface area contributed by atoms with Gasteiger partial charge in [-0.3, -0.25) is 4.79 Å². The van der Waals surface area contributed by atoms with Crippen molar-refractivity contribution < 1.29 is 18.7 Å². The Morgan fingerprint density at radius 2 is 1.55 bits per heavy atom. The molecule has 1 fully saturated rings. The van der Waals surface area contributed by atoms with E-state index in [9.17, 15) is 14.0 Å². The molecule has 8 heteroatoms. The molecular formula is C21H27FN4O3. The highest BCUT2D eigenvalue weighted by Crippen LogP contribution is 2.21. The fourth-order valence-corrected chi connectivity index (χ4v) is 3.36. The molecule has 2 heterocycles. The lowest BCUT2D eigenvalue weighted by Crippen LogP contribution is -2.51. The number of nitrogens with zero attached hydrogens (tertiary/aromatic N) is 4. The number of carbonyl (C=O) groups is 2. The van der Waals surface area contributed by atoms with E-state index >= 15 is 0 Å². The quantitative estimate of drug-likeness (QED) is 0.773. The molecule has 3 rings (SSSR count). The fourth-order valence-electron chi connectivity index (χ4n) is 3.36. The van der Waals surface area contributed by atoms with Gasteiger partial charge in [-0.05, 0) is 58.9 Å². The zero-order chi connectivity index (χ0) is 21.3. The van der Waals surface area contributed by atoms with Gasteiger partial charge < -0.3 is 14.5 Å². The number of aryl methyl sites for hydroxylation is 1. The van der Waals surface area contributed by atoms with Crippen LogP contribution in [0.1, 0.15) is 42.5 Å². The number of rotatable bonds is 2. The van der Waals surface area contributed by atoms with Gasteiger partial charge in [-0.15, -0.1) is 0 Å². The second-order valence-electron chi connectivity index (χ2n) is 8.19. The first-order valence-electron chi connectivity index (χ1n) is 9.66. The summed E-state index contributed by atoms with van der Waals surface area (Å²) in [5.74, 6) is -0.438. The molecule has 0 bridgehead atoms. The maximum absolute atomic E-state index is 13.2. The molecule has 2 aromatic rings. The minimum Gasteiger partial charge on any atom is -0.444 e. The summed E-state index contributed by atoms with van der Waals surface area (Å²) >= 11 is 0. The third-order valence-corrected chi connectivity index (χ3v) is 4.79. The van der Waals surface area contributed by atoms with Crippen molar-refractivity contribution in [2.75, 3.05) is 26.2 Å². The largest absolute Gasteiger partial charge is 0.444 e. The minimum atomic E-state index is -0.548. The van der Waals surface area contributed by atoms with Crippen molar-refractivity contribution in [3.8, 4) is 5.69 Å². The zero-order valence-corrected chi connectivity index (χ0v) is 17.5. The molecule has 7 nitrogen and oxygen atoms in total. The van der Waals surface area contributed by atoms with Crippen molar-refractivity contribution in [1.82, 2.24) is 19.6 Å². The Balaban J connectivity index is 1.72. The maximum Gasteiger partial charge on any atom is 0.410 e. The predicted octanol–water partition coefficient (Wildman–Crippen LogP) is 3.32. The third kappa shape index (κ3) is 4.58. The maximum atomic E-state index is 13.2. The van der Waals surface area contributed by atoms with E-state index in [1.165, 1.54) is 12.1 Å². The van der Waals surface area contributed by atoms with Crippen molar-refractivity contribution in [3.63, 3.8) is 0 Å². The van der Waals surface area contributed by atoms with Gasteiger partial charge in [0.25, 0.3) is 5.91 Å². The number of hydrogen-bond donors (Lipinski definition) is 0. The second-order valence-corrected chi connectivity index (χ2v) is 8.19. The highest BCUT2D eigenvalue weighted by Gasteiger charge is 2.30. The van der Waals surface area contributed by atoms with Crippen LogP contribution in [0.3, 0.4) is 0 Å². The summed E-state index contributed by atoms with van der Waals surface area (Å²) in [6.45, 7) is 10.8. The molecule has 0 spiro atoms. The first kappa shape index (κ1) is 20.8. The molecule has 1 aromatic heterocycles. The van der Waals surface area contributed by atoms with Gasteiger partial charge in [0.2, 0.25) is 0 Å². The predicted molar refractivity (Wildman–Crippen MR) is 107 cm³/mol. The van der Waals surface area contributed by atoms with Gasteiger partial charge in [-0.25, -0.2) is 13.9 Å². The third-order valence-electron chi connectivity index (χ3n) is 4.79. The van der Waals surface area contributed by atoms with E-state index in [0.29, 0.717) is 48.8 Å². The molecule has 1 aromatic carbocycles. The fraction of sp³-hybridized carbons (Fsp3) is 0.476. The van der Waals surface area contributed by atoms with Crippen molar-refractivity contribution in [2.45, 2.75) is 40.2 Å². The summed E-state index contributed by atoms with van der Waals surface area (Å²) in [5.41, 5.74) is 2.01. The number of ether oxygens (including phenoxy) is 1. The summed E-state index contributed by atoms with van der Waals surface area (Å²) in [5, 5.41) is 4.47. The lowest BCUT2D eigenvalue weighted by molar-refractivity contribution is 0.0140. The Kier molecular flexibility index (Phi) is 5.64. The molecule has 29 heavy (non-hydrogen) atoms. The van der Waals surface area contributed by atoms with Gasteiger partial charge in [-0.1, -0.05) is 0 Å². The second kappa shape index (κ2) is 7.85. The van der Waals surface area contributed by atoms with Gasteiger partial charge in [0.15, 0.2) is 0 Å². The van der Waals surface area contributed by atoms with Gasteiger partial charge in [-0.2, -0.15) is 5.10 Å². The van der Waals surface area contributed by atoms with E-state index in [0.717, 1.165) is 0 Å². The Hall–Kier alpha value is -2.90. The van der Waals surface area contributed by atoms with Crippen LogP contribution < -0.4 is 0 Å². The van der Waals surface area contributed by atoms with Crippen LogP contribution in [0, 0.1) is 19.7 Å². The highest BCUT2D eigenvalue weighted by atomic mass is 19.1. The lowest BCUT2D eigenvalue weighted by atomic mass is 10.1. The van der Waals surface area contributed by atoms with Crippen LogP contribution >= 0.6 is 0 Å². The van der Waals surface area contributed by atoms with Gasteiger partial charge in [0, 0.05) is 26.2 Å². The zero-order valence-electron chi connectivity index (χ0n) is 17.5. The van der Waals surface area contributed by atoms with E-state index < -0.39 is 5.60 Å². The Morgan fingerprint density at radius 1 is 1.00 bits per heavy atom. The monoisotopic (exact) mass is 402 g/mol. The first-order valence-corrected chi connectivity index (χ1v) is 9.66. The number of amides is 2. The number of carbonyl (C=O) groups excluding carboxylic acids is 2. The topological polar surface area (TPSA) is 67.7 Å². The first-order chi connectivity index (χ1) is 13.6. The van der Waals surface area contributed by atoms with Crippen LogP contribution in [-0.4, -0.2) is 63.4 Å². The molecule has 0 atom stereocenters. The van der Waals surface area contributed by atoms with E-state index in [4.69, 9.17) is 4.74 Å². The summed E-state index contributed by atoms with van der Waals surface area (Å²) in [7, 11) is 0. The molecule has 0 radical (unpaired) electrons. The molecule has 1 aliphatic heterocycles. The number of benzene rings is 1. The van der Waals surface area contributed by atoms with Crippen LogP contribution in [0.25, 0.3) is 5.69 Å². The highest BCUT2D eigenvalue weighted by molar-refractivity contribution is 5.96. The van der Waals surface area contributed by atoms with E-state index in [-0.39, 0.29) is 17.8 Å². The lowest BCUT2D eigenvalue weighted by Gasteiger charge is -2.35. The van der Waals surface area contributed by atoms with E-state index in [1.54, 1.807) is 33.5 Å². The summed E-state index contributed by atoms with van der Waals surface area (Å²) in [6.07, 6.45) is -0.360. The number of halogens is 1. The van der Waals surface area contributed by atoms with Crippen LogP contribution in [-0.2, 0) is 4.74 Å². The average Bonchev–Trinajstić information content (AvgIpc) is 2.95. The minimum absolute atomic E-state index is 0.114. The van der Waals surface area contributed by atoms with Gasteiger partial charge in [0.05, 0.1) is 22.6 Å². The molecule has 0 unspecified atom stereocenters. The van der Waals surface area contributed by atoms with Crippen molar-refractivity contribution in [2.24, 2.45) is 0 Å². The summed E-state index contributed by atoms with van der Waals surface area (Å²) < 4.78 is 20.3. The summed E-state index contributed by atoms with van der Waals surface area (Å²) in [6, 6.07) is 5.98. The SMILES string of the molecule is Cc1nn(-c2ccc(F)cc2)c(C)c1C(=O)N1CCN(C(=O)OC(C)(C)C)CC1. The molecule has 0 aliphatic carbocycles. The molecule has 2 amide bonds. The van der Waals surface area contributed by atoms with Crippen LogP contribution in [0.2, 0.25) is 0 Å². The number of aromatic nitrogens is 2. The van der Waals surface area contributed by atoms with E-state index in [1.807, 2.05) is 27.7 Å². The number of hydrogen-bond acceptors (Lipinski definition) is 4. The smallest absolute Gasteiger partial charge is 0.410 e. The number of piperazine rings is 1. The molecule has 0 saturated carbocycles. The van der Waals surface area contributed by atoms with Crippen LogP contribution in [0.15, 0.2) is 24.3 Å². The Bertz CT molecular complexity index is 907. The average molecular weight is 402 g/mol. The standard InChI is InChI=1S/C21H27FN4O3/c1-14-18(15(2)26(23-14)17-8-6-16(22)7-9-17)19(27)24-10-12-25(13-11-24)20(28)29-21(3,4)5/h6-9H,10-13H2,1-5H3. The Morgan fingerprint density at radius 3 is 2.10 bits per heavy atom. The summed E-state index contributed by atoms with van der Waals surface area (Å²) in [4.78, 5) is 28.7. The van der Waals surface area contributed by atoms with Gasteiger partial charge in [0.1, 0.15) is 11.4 Å². The molecule has 0 N–H and O–H groups in total. The van der Waals surface area contributed by atoms with Crippen LogP contribution in [0.5, 0.6) is 0 Å². The van der Waals surface area contributed by atoms with Gasteiger partial charge >= 0.3 is 6.09 Å². The Labute approximate surface area is 170 Å². The molecule has 156 valence electrons. The van der Waals surface area contributed by atoms with Crippen molar-refractivity contribution in [3.05, 3.63) is 47.0 Å². The van der Waals surface area contributed by atoms with Crippen LogP contribution in [0.4, 0.5) is 9.18 Å². The van der Waals surface area contributed by atoms with E-state index in [2.05, 4.69) is 5.10 Å². The molecule has 1 saturated heterocycles. The van der Waals surface area contributed by atoms with Crippen molar-refractivity contribution in [1.29, 1.82) is 0 Å². The van der Waals surface area contributed by atoms with Crippen molar-refractivity contribution >= 4 is 12.0 Å². The molecule has 1 aliphatic rings.